The van der Waals surface area contributed by atoms with Crippen molar-refractivity contribution >= 4 is 57.8 Å². The minimum Gasteiger partial charge on any atom is -0.465 e. The molecule has 0 aromatic heterocycles. The van der Waals surface area contributed by atoms with E-state index in [2.05, 4.69) is 4.74 Å². The zero-order valence-corrected chi connectivity index (χ0v) is 19.7. The number of anilines is 1. The second kappa shape index (κ2) is 11.7. The highest BCUT2D eigenvalue weighted by Gasteiger charge is 2.31. The van der Waals surface area contributed by atoms with Gasteiger partial charge in [0.25, 0.3) is 5.91 Å². The maximum Gasteiger partial charge on any atom is 0.337 e. The van der Waals surface area contributed by atoms with Gasteiger partial charge in [0.2, 0.25) is 5.91 Å². The molecule has 0 spiro atoms. The fraction of sp³-hybridized carbons (Fsp3) is 0.250. The number of para-hydroxylation sites is 1. The van der Waals surface area contributed by atoms with Crippen LogP contribution >= 0.6 is 24.0 Å². The lowest BCUT2D eigenvalue weighted by molar-refractivity contribution is -0.123. The molecule has 0 saturated carbocycles. The molecule has 172 valence electrons. The molecule has 1 aliphatic heterocycles. The molecule has 2 amide bonds. The molecule has 0 unspecified atom stereocenters. The fourth-order valence-corrected chi connectivity index (χ4v) is 4.62. The molecule has 1 saturated heterocycles. The van der Waals surface area contributed by atoms with Gasteiger partial charge in [0, 0.05) is 25.2 Å². The van der Waals surface area contributed by atoms with Gasteiger partial charge < -0.3 is 14.7 Å². The van der Waals surface area contributed by atoms with Gasteiger partial charge in [-0.15, -0.1) is 0 Å². The molecule has 0 bridgehead atoms. The Kier molecular flexibility index (Phi) is 8.76. The van der Waals surface area contributed by atoms with E-state index >= 15 is 0 Å². The number of aliphatic hydroxyl groups excluding tert-OH is 1. The molecule has 33 heavy (non-hydrogen) atoms. The third-order valence-corrected chi connectivity index (χ3v) is 6.35. The first-order valence-corrected chi connectivity index (χ1v) is 11.6. The first-order chi connectivity index (χ1) is 15.9. The largest absolute Gasteiger partial charge is 0.465 e. The SMILES string of the molecule is COC(=O)c1ccc(/C=C2\SC(=S)N(CCCC(=O)N(CCO)c3ccccc3)C2=O)cc1. The summed E-state index contributed by atoms with van der Waals surface area (Å²) < 4.78 is 5.13. The summed E-state index contributed by atoms with van der Waals surface area (Å²) in [5, 5.41) is 9.32. The highest BCUT2D eigenvalue weighted by atomic mass is 32.2. The van der Waals surface area contributed by atoms with E-state index in [0.29, 0.717) is 27.8 Å². The van der Waals surface area contributed by atoms with Gasteiger partial charge in [-0.25, -0.2) is 4.79 Å². The van der Waals surface area contributed by atoms with Gasteiger partial charge in [0.1, 0.15) is 4.32 Å². The maximum atomic E-state index is 12.8. The second-order valence-electron chi connectivity index (χ2n) is 7.16. The summed E-state index contributed by atoms with van der Waals surface area (Å²) in [5.41, 5.74) is 1.92. The molecular weight excluding hydrogens is 460 g/mol. The summed E-state index contributed by atoms with van der Waals surface area (Å²) in [7, 11) is 1.32. The molecule has 9 heteroatoms. The first-order valence-electron chi connectivity index (χ1n) is 10.3. The van der Waals surface area contributed by atoms with Crippen LogP contribution in [0.4, 0.5) is 5.69 Å². The number of amides is 2. The minimum atomic E-state index is -0.424. The smallest absolute Gasteiger partial charge is 0.337 e. The molecule has 7 nitrogen and oxygen atoms in total. The lowest BCUT2D eigenvalue weighted by Gasteiger charge is -2.22. The number of thiocarbonyl (C=S) groups is 1. The van der Waals surface area contributed by atoms with Crippen LogP contribution < -0.4 is 4.90 Å². The van der Waals surface area contributed by atoms with Crippen LogP contribution in [0.25, 0.3) is 6.08 Å². The van der Waals surface area contributed by atoms with Crippen molar-refractivity contribution in [3.8, 4) is 0 Å². The number of thioether (sulfide) groups is 1. The number of rotatable bonds is 9. The molecule has 1 fully saturated rings. The number of benzene rings is 2. The van der Waals surface area contributed by atoms with Gasteiger partial charge in [0.05, 0.1) is 24.2 Å². The lowest BCUT2D eigenvalue weighted by Crippen LogP contribution is -2.35. The van der Waals surface area contributed by atoms with E-state index in [9.17, 15) is 19.5 Å². The van der Waals surface area contributed by atoms with Crippen LogP contribution in [-0.4, -0.2) is 58.9 Å². The van der Waals surface area contributed by atoms with E-state index in [0.717, 1.165) is 11.3 Å². The Morgan fingerprint density at radius 3 is 2.48 bits per heavy atom. The summed E-state index contributed by atoms with van der Waals surface area (Å²) >= 11 is 6.58. The summed E-state index contributed by atoms with van der Waals surface area (Å²) in [6, 6.07) is 15.9. The summed E-state index contributed by atoms with van der Waals surface area (Å²) in [4.78, 5) is 40.6. The zero-order valence-electron chi connectivity index (χ0n) is 18.1. The third kappa shape index (κ3) is 6.28. The molecule has 2 aromatic carbocycles. The van der Waals surface area contributed by atoms with Gasteiger partial charge in [-0.05, 0) is 42.3 Å². The molecule has 0 aliphatic carbocycles. The Morgan fingerprint density at radius 1 is 1.15 bits per heavy atom. The number of nitrogens with zero attached hydrogens (tertiary/aromatic N) is 2. The molecule has 0 atom stereocenters. The van der Waals surface area contributed by atoms with Crippen LogP contribution in [0.2, 0.25) is 0 Å². The number of hydrogen-bond acceptors (Lipinski definition) is 7. The molecule has 1 N–H and O–H groups in total. The predicted molar refractivity (Wildman–Crippen MR) is 133 cm³/mol. The van der Waals surface area contributed by atoms with E-state index in [-0.39, 0.29) is 31.4 Å². The fourth-order valence-electron chi connectivity index (χ4n) is 3.31. The summed E-state index contributed by atoms with van der Waals surface area (Å²) in [5.74, 6) is -0.751. The number of esters is 1. The van der Waals surface area contributed by atoms with Crippen molar-refractivity contribution < 1.29 is 24.2 Å². The summed E-state index contributed by atoms with van der Waals surface area (Å²) in [6.45, 7) is 0.402. The average Bonchev–Trinajstić information content (AvgIpc) is 3.10. The van der Waals surface area contributed by atoms with E-state index in [1.807, 2.05) is 30.3 Å². The Bertz CT molecular complexity index is 1050. The van der Waals surface area contributed by atoms with Crippen LogP contribution in [0.5, 0.6) is 0 Å². The Labute approximate surface area is 202 Å². The van der Waals surface area contributed by atoms with Crippen LogP contribution in [-0.2, 0) is 14.3 Å². The molecular formula is C24H24N2O5S2. The maximum absolute atomic E-state index is 12.8. The van der Waals surface area contributed by atoms with E-state index < -0.39 is 5.97 Å². The van der Waals surface area contributed by atoms with Gasteiger partial charge >= 0.3 is 5.97 Å². The van der Waals surface area contributed by atoms with Crippen molar-refractivity contribution in [2.24, 2.45) is 0 Å². The molecule has 2 aromatic rings. The molecule has 3 rings (SSSR count). The van der Waals surface area contributed by atoms with Crippen LogP contribution in [0.3, 0.4) is 0 Å². The Morgan fingerprint density at radius 2 is 1.85 bits per heavy atom. The minimum absolute atomic E-state index is 0.123. The van der Waals surface area contributed by atoms with E-state index in [1.165, 1.54) is 23.8 Å². The number of carbonyl (C=O) groups is 3. The Hall–Kier alpha value is -3.01. The Balaban J connectivity index is 1.59. The number of hydrogen-bond donors (Lipinski definition) is 1. The molecule has 0 radical (unpaired) electrons. The third-order valence-electron chi connectivity index (χ3n) is 4.97. The monoisotopic (exact) mass is 484 g/mol. The first kappa shape index (κ1) is 24.6. The second-order valence-corrected chi connectivity index (χ2v) is 8.83. The van der Waals surface area contributed by atoms with Crippen LogP contribution in [0, 0.1) is 0 Å². The predicted octanol–water partition coefficient (Wildman–Crippen LogP) is 3.48. The van der Waals surface area contributed by atoms with Gasteiger partial charge in [-0.2, -0.15) is 0 Å². The van der Waals surface area contributed by atoms with Crippen LogP contribution in [0.15, 0.2) is 59.5 Å². The van der Waals surface area contributed by atoms with E-state index in [1.54, 1.807) is 35.2 Å². The van der Waals surface area contributed by atoms with Gasteiger partial charge in [0.15, 0.2) is 0 Å². The van der Waals surface area contributed by atoms with Crippen molar-refractivity contribution in [2.45, 2.75) is 12.8 Å². The number of methoxy groups -OCH3 is 1. The van der Waals surface area contributed by atoms with Crippen LogP contribution in [0.1, 0.15) is 28.8 Å². The zero-order chi connectivity index (χ0) is 23.8. The van der Waals surface area contributed by atoms with Crippen molar-refractivity contribution in [3.63, 3.8) is 0 Å². The lowest BCUT2D eigenvalue weighted by atomic mass is 10.1. The number of carbonyl (C=O) groups excluding carboxylic acids is 3. The standard InChI is InChI=1S/C24H24N2O5S2/c1-31-23(30)18-11-9-17(10-12-18)16-20-22(29)26(24(32)33-20)13-5-8-21(28)25(14-15-27)19-6-3-2-4-7-19/h2-4,6-7,9-12,16,27H,5,8,13-15H2,1H3/b20-16-. The summed E-state index contributed by atoms with van der Waals surface area (Å²) in [6.07, 6.45) is 2.39. The molecule has 1 heterocycles. The van der Waals surface area contributed by atoms with Crippen molar-refractivity contribution in [1.82, 2.24) is 4.90 Å². The van der Waals surface area contributed by atoms with Gasteiger partial charge in [-0.1, -0.05) is 54.3 Å². The van der Waals surface area contributed by atoms with Crippen molar-refractivity contribution in [1.29, 1.82) is 0 Å². The number of ether oxygens (including phenoxy) is 1. The quantitative estimate of drug-likeness (QED) is 0.331. The molecule has 1 aliphatic rings. The van der Waals surface area contributed by atoms with E-state index in [4.69, 9.17) is 12.2 Å². The average molecular weight is 485 g/mol. The highest BCUT2D eigenvalue weighted by Crippen LogP contribution is 2.32. The highest BCUT2D eigenvalue weighted by molar-refractivity contribution is 8.26. The number of aliphatic hydroxyl groups is 1. The topological polar surface area (TPSA) is 87.2 Å². The van der Waals surface area contributed by atoms with Crippen molar-refractivity contribution in [3.05, 3.63) is 70.6 Å². The van der Waals surface area contributed by atoms with Crippen molar-refractivity contribution in [2.75, 3.05) is 31.7 Å². The van der Waals surface area contributed by atoms with Gasteiger partial charge in [-0.3, -0.25) is 14.5 Å². The normalized spacial score (nSPS) is 14.6.